The Morgan fingerprint density at radius 1 is 1.38 bits per heavy atom. The highest BCUT2D eigenvalue weighted by Crippen LogP contribution is 2.29. The second-order valence-electron chi connectivity index (χ2n) is 2.30. The fourth-order valence-corrected chi connectivity index (χ4v) is 1.24. The van der Waals surface area contributed by atoms with Crippen molar-refractivity contribution in [2.75, 3.05) is 6.26 Å². The number of alkyl halides is 3. The number of nitrogens with one attached hydrogen (secondary N) is 1. The molecular formula is C7H6F3NOS. The maximum absolute atomic E-state index is 12.1. The van der Waals surface area contributed by atoms with E-state index in [2.05, 4.69) is 4.98 Å². The topological polar surface area (TPSA) is 32.9 Å². The molecule has 0 aromatic carbocycles. The van der Waals surface area contributed by atoms with Gasteiger partial charge in [-0.25, -0.2) is 0 Å². The minimum Gasteiger partial charge on any atom is -0.317 e. The van der Waals surface area contributed by atoms with Gasteiger partial charge < -0.3 is 4.98 Å². The summed E-state index contributed by atoms with van der Waals surface area (Å²) in [5, 5.41) is 0.208. The predicted molar refractivity (Wildman–Crippen MR) is 43.8 cm³/mol. The summed E-state index contributed by atoms with van der Waals surface area (Å²) in [6.45, 7) is 0. The zero-order valence-electron chi connectivity index (χ0n) is 6.61. The van der Waals surface area contributed by atoms with E-state index in [0.717, 1.165) is 17.8 Å². The van der Waals surface area contributed by atoms with Crippen LogP contribution in [0.3, 0.4) is 0 Å². The van der Waals surface area contributed by atoms with E-state index >= 15 is 0 Å². The van der Waals surface area contributed by atoms with Gasteiger partial charge in [-0.15, -0.1) is 11.8 Å². The first-order chi connectivity index (χ1) is 5.93. The van der Waals surface area contributed by atoms with Crippen molar-refractivity contribution in [3.8, 4) is 0 Å². The molecule has 0 atom stereocenters. The predicted octanol–water partition coefficient (Wildman–Crippen LogP) is 2.12. The Morgan fingerprint density at radius 3 is 2.46 bits per heavy atom. The van der Waals surface area contributed by atoms with Gasteiger partial charge in [-0.05, 0) is 12.3 Å². The van der Waals surface area contributed by atoms with E-state index in [0.29, 0.717) is 6.07 Å². The van der Waals surface area contributed by atoms with Crippen LogP contribution in [-0.4, -0.2) is 11.2 Å². The number of rotatable bonds is 1. The molecule has 2 nitrogen and oxygen atoms in total. The van der Waals surface area contributed by atoms with E-state index in [1.807, 2.05) is 0 Å². The highest BCUT2D eigenvalue weighted by atomic mass is 32.2. The molecule has 0 aliphatic heterocycles. The molecule has 1 heterocycles. The number of hydrogen-bond donors (Lipinski definition) is 1. The molecule has 0 bridgehead atoms. The maximum Gasteiger partial charge on any atom is 0.416 e. The Bertz CT molecular complexity index is 357. The number of halogens is 3. The van der Waals surface area contributed by atoms with E-state index < -0.39 is 17.3 Å². The second kappa shape index (κ2) is 3.45. The largest absolute Gasteiger partial charge is 0.416 e. The van der Waals surface area contributed by atoms with Crippen LogP contribution in [0.5, 0.6) is 0 Å². The third-order valence-electron chi connectivity index (χ3n) is 1.37. The van der Waals surface area contributed by atoms with Crippen LogP contribution in [0.4, 0.5) is 13.2 Å². The summed E-state index contributed by atoms with van der Waals surface area (Å²) in [5.74, 6) is 0. The van der Waals surface area contributed by atoms with Gasteiger partial charge in [0.05, 0.1) is 10.6 Å². The van der Waals surface area contributed by atoms with Gasteiger partial charge in [0.1, 0.15) is 0 Å². The lowest BCUT2D eigenvalue weighted by Gasteiger charge is -2.06. The van der Waals surface area contributed by atoms with Gasteiger partial charge in [0.25, 0.3) is 0 Å². The van der Waals surface area contributed by atoms with Crippen LogP contribution in [0, 0.1) is 0 Å². The van der Waals surface area contributed by atoms with Gasteiger partial charge in [0, 0.05) is 6.07 Å². The van der Waals surface area contributed by atoms with E-state index in [1.165, 1.54) is 0 Å². The van der Waals surface area contributed by atoms with Gasteiger partial charge in [0.2, 0.25) is 5.56 Å². The Hall–Kier alpha value is -0.910. The summed E-state index contributed by atoms with van der Waals surface area (Å²) in [5.41, 5.74) is -1.65. The summed E-state index contributed by atoms with van der Waals surface area (Å²) >= 11 is 1.06. The number of pyridine rings is 1. The zero-order valence-corrected chi connectivity index (χ0v) is 7.42. The lowest BCUT2D eigenvalue weighted by atomic mass is 10.3. The van der Waals surface area contributed by atoms with Gasteiger partial charge in [-0.3, -0.25) is 4.79 Å². The van der Waals surface area contributed by atoms with Crippen LogP contribution in [0.1, 0.15) is 5.56 Å². The van der Waals surface area contributed by atoms with E-state index in [9.17, 15) is 18.0 Å². The molecular weight excluding hydrogens is 203 g/mol. The van der Waals surface area contributed by atoms with Crippen molar-refractivity contribution in [1.29, 1.82) is 0 Å². The van der Waals surface area contributed by atoms with Crippen LogP contribution in [0.15, 0.2) is 22.0 Å². The van der Waals surface area contributed by atoms with Crippen LogP contribution < -0.4 is 5.56 Å². The van der Waals surface area contributed by atoms with E-state index in [1.54, 1.807) is 6.26 Å². The Labute approximate surface area is 76.2 Å². The van der Waals surface area contributed by atoms with Gasteiger partial charge >= 0.3 is 6.18 Å². The number of aromatic nitrogens is 1. The lowest BCUT2D eigenvalue weighted by Crippen LogP contribution is -2.13. The molecule has 72 valence electrons. The third-order valence-corrected chi connectivity index (χ3v) is 2.03. The minimum absolute atomic E-state index is 0.208. The number of hydrogen-bond acceptors (Lipinski definition) is 2. The fourth-order valence-electron chi connectivity index (χ4n) is 0.791. The number of aromatic amines is 1. The van der Waals surface area contributed by atoms with Crippen LogP contribution in [0.2, 0.25) is 0 Å². The molecule has 6 heteroatoms. The maximum atomic E-state index is 12.1. The van der Waals surface area contributed by atoms with Crippen LogP contribution in [0.25, 0.3) is 0 Å². The Kier molecular flexibility index (Phi) is 2.70. The normalized spacial score (nSPS) is 11.7. The average molecular weight is 209 g/mol. The van der Waals surface area contributed by atoms with Crippen molar-refractivity contribution >= 4 is 11.8 Å². The third kappa shape index (κ3) is 2.51. The smallest absolute Gasteiger partial charge is 0.317 e. The molecule has 13 heavy (non-hydrogen) atoms. The first-order valence-corrected chi connectivity index (χ1v) is 4.51. The second-order valence-corrected chi connectivity index (χ2v) is 3.15. The molecule has 0 aliphatic carbocycles. The minimum atomic E-state index is -4.46. The number of H-pyrrole nitrogens is 1. The SMILES string of the molecule is CSc1cc(C(F)(F)F)cc(=O)[nH]1. The first kappa shape index (κ1) is 10.2. The van der Waals surface area contributed by atoms with E-state index in [-0.39, 0.29) is 5.03 Å². The monoisotopic (exact) mass is 209 g/mol. The van der Waals surface area contributed by atoms with Crippen LogP contribution in [-0.2, 0) is 6.18 Å². The first-order valence-electron chi connectivity index (χ1n) is 3.29. The Balaban J connectivity index is 3.24. The highest BCUT2D eigenvalue weighted by Gasteiger charge is 2.31. The number of thioether (sulfide) groups is 1. The summed E-state index contributed by atoms with van der Waals surface area (Å²) in [6, 6.07) is 1.45. The summed E-state index contributed by atoms with van der Waals surface area (Å²) < 4.78 is 36.4. The molecule has 1 aromatic heterocycles. The molecule has 1 rings (SSSR count). The molecule has 1 aromatic rings. The summed E-state index contributed by atoms with van der Waals surface area (Å²) in [4.78, 5) is 13.0. The van der Waals surface area contributed by atoms with E-state index in [4.69, 9.17) is 0 Å². The molecule has 0 aliphatic rings. The average Bonchev–Trinajstić information content (AvgIpc) is 2.01. The van der Waals surface area contributed by atoms with Crippen molar-refractivity contribution in [3.05, 3.63) is 28.0 Å². The molecule has 0 saturated heterocycles. The molecule has 1 N–H and O–H groups in total. The highest BCUT2D eigenvalue weighted by molar-refractivity contribution is 7.98. The molecule has 0 radical (unpaired) electrons. The fraction of sp³-hybridized carbons (Fsp3) is 0.286. The van der Waals surface area contributed by atoms with Crippen molar-refractivity contribution in [1.82, 2.24) is 4.98 Å². The summed E-state index contributed by atoms with van der Waals surface area (Å²) in [7, 11) is 0. The van der Waals surface area contributed by atoms with Gasteiger partial charge in [-0.1, -0.05) is 0 Å². The Morgan fingerprint density at radius 2 is 2.00 bits per heavy atom. The van der Waals surface area contributed by atoms with Crippen molar-refractivity contribution in [3.63, 3.8) is 0 Å². The lowest BCUT2D eigenvalue weighted by molar-refractivity contribution is -0.137. The molecule has 0 amide bonds. The quantitative estimate of drug-likeness (QED) is 0.718. The molecule has 0 saturated carbocycles. The molecule has 0 fully saturated rings. The van der Waals surface area contributed by atoms with Gasteiger partial charge in [0.15, 0.2) is 0 Å². The summed E-state index contributed by atoms with van der Waals surface area (Å²) in [6.07, 6.45) is -2.87. The van der Waals surface area contributed by atoms with Crippen LogP contribution >= 0.6 is 11.8 Å². The zero-order chi connectivity index (χ0) is 10.1. The molecule has 0 unspecified atom stereocenters. The van der Waals surface area contributed by atoms with Crippen molar-refractivity contribution < 1.29 is 13.2 Å². The standard InChI is InChI=1S/C7H6F3NOS/c1-13-6-3-4(7(8,9)10)2-5(12)11-6/h2-3H,1H3,(H,11,12). The molecule has 0 spiro atoms. The van der Waals surface area contributed by atoms with Crippen molar-refractivity contribution in [2.45, 2.75) is 11.2 Å². The van der Waals surface area contributed by atoms with Crippen molar-refractivity contribution in [2.24, 2.45) is 0 Å². The van der Waals surface area contributed by atoms with Gasteiger partial charge in [-0.2, -0.15) is 13.2 Å².